The number of amides is 1. The van der Waals surface area contributed by atoms with Gasteiger partial charge in [-0.1, -0.05) is 17.7 Å². The lowest BCUT2D eigenvalue weighted by Crippen LogP contribution is -2.10. The molecule has 0 aliphatic rings. The van der Waals surface area contributed by atoms with Crippen molar-refractivity contribution in [1.29, 1.82) is 0 Å². The molecule has 7 heteroatoms. The summed E-state index contributed by atoms with van der Waals surface area (Å²) in [7, 11) is 0. The van der Waals surface area contributed by atoms with E-state index in [1.165, 1.54) is 11.1 Å². The zero-order valence-electron chi connectivity index (χ0n) is 17.5. The van der Waals surface area contributed by atoms with E-state index in [9.17, 15) is 4.79 Å². The first-order valence-electron chi connectivity index (χ1n) is 10.1. The predicted molar refractivity (Wildman–Crippen MR) is 125 cm³/mol. The molecule has 32 heavy (non-hydrogen) atoms. The van der Waals surface area contributed by atoms with Crippen molar-refractivity contribution in [1.82, 2.24) is 15.0 Å². The maximum absolute atomic E-state index is 12.7. The Hall–Kier alpha value is -3.90. The number of halogens is 1. The number of anilines is 1. The molecule has 5 rings (SSSR count). The second-order valence-electron chi connectivity index (χ2n) is 7.59. The van der Waals surface area contributed by atoms with Gasteiger partial charge in [-0.05, 0) is 91.7 Å². The summed E-state index contributed by atoms with van der Waals surface area (Å²) in [4.78, 5) is 14.3. The van der Waals surface area contributed by atoms with Crippen LogP contribution in [0.3, 0.4) is 0 Å². The first kappa shape index (κ1) is 20.0. The minimum absolute atomic E-state index is 0.217. The number of aromatic nitrogens is 3. The number of nitrogens with zero attached hydrogens (tertiary/aromatic N) is 3. The smallest absolute Gasteiger partial charge is 0.291 e. The van der Waals surface area contributed by atoms with E-state index in [2.05, 4.69) is 29.4 Å². The molecule has 0 bridgehead atoms. The fourth-order valence-corrected chi connectivity index (χ4v) is 3.51. The first-order chi connectivity index (χ1) is 15.5. The summed E-state index contributed by atoms with van der Waals surface area (Å²) in [6.45, 7) is 4.13. The van der Waals surface area contributed by atoms with E-state index in [4.69, 9.17) is 16.0 Å². The van der Waals surface area contributed by atoms with Gasteiger partial charge in [0.1, 0.15) is 16.8 Å². The summed E-state index contributed by atoms with van der Waals surface area (Å²) in [6, 6.07) is 22.1. The molecule has 0 radical (unpaired) electrons. The fraction of sp³-hybridized carbons (Fsp3) is 0.0800. The summed E-state index contributed by atoms with van der Waals surface area (Å²) < 4.78 is 5.73. The third kappa shape index (κ3) is 3.88. The monoisotopic (exact) mass is 442 g/mol. The molecule has 0 aliphatic heterocycles. The average Bonchev–Trinajstić information content (AvgIpc) is 3.43. The van der Waals surface area contributed by atoms with Crippen molar-refractivity contribution in [2.75, 3.05) is 5.32 Å². The maximum Gasteiger partial charge on any atom is 0.291 e. The first-order valence-corrected chi connectivity index (χ1v) is 10.5. The molecule has 0 saturated carbocycles. The van der Waals surface area contributed by atoms with Gasteiger partial charge >= 0.3 is 0 Å². The van der Waals surface area contributed by atoms with Crippen LogP contribution in [0.25, 0.3) is 28.0 Å². The second kappa shape index (κ2) is 7.98. The molecule has 0 saturated heterocycles. The van der Waals surface area contributed by atoms with E-state index in [-0.39, 0.29) is 11.7 Å². The van der Waals surface area contributed by atoms with Gasteiger partial charge < -0.3 is 9.73 Å². The summed E-state index contributed by atoms with van der Waals surface area (Å²) in [5.74, 6) is 0.471. The third-order valence-electron chi connectivity index (χ3n) is 5.32. The molecule has 5 aromatic rings. The van der Waals surface area contributed by atoms with Gasteiger partial charge in [-0.3, -0.25) is 4.79 Å². The topological polar surface area (TPSA) is 73.0 Å². The van der Waals surface area contributed by atoms with Crippen LogP contribution in [0.5, 0.6) is 0 Å². The molecule has 2 aromatic heterocycles. The summed E-state index contributed by atoms with van der Waals surface area (Å²) in [5.41, 5.74) is 6.16. The van der Waals surface area contributed by atoms with E-state index in [0.717, 1.165) is 16.8 Å². The molecule has 0 fully saturated rings. The zero-order valence-corrected chi connectivity index (χ0v) is 18.2. The Bertz CT molecular complexity index is 1450. The second-order valence-corrected chi connectivity index (χ2v) is 8.02. The Morgan fingerprint density at radius 1 is 0.875 bits per heavy atom. The summed E-state index contributed by atoms with van der Waals surface area (Å²) in [5, 5.41) is 12.6. The SMILES string of the molecule is Cc1ccc(-n2nc3ccc(NC(=O)c4ccc(-c5ccc(Cl)cc5)o4)cc3n2)cc1C. The molecule has 0 atom stereocenters. The van der Waals surface area contributed by atoms with Crippen molar-refractivity contribution in [3.05, 3.63) is 94.7 Å². The van der Waals surface area contributed by atoms with Crippen LogP contribution in [0.2, 0.25) is 5.02 Å². The Kier molecular flexibility index (Phi) is 4.99. The number of furan rings is 1. The lowest BCUT2D eigenvalue weighted by atomic mass is 10.1. The number of carbonyl (C=O) groups excluding carboxylic acids is 1. The number of hydrogen-bond acceptors (Lipinski definition) is 4. The van der Waals surface area contributed by atoms with Gasteiger partial charge in [0, 0.05) is 16.3 Å². The molecular weight excluding hydrogens is 424 g/mol. The third-order valence-corrected chi connectivity index (χ3v) is 5.57. The van der Waals surface area contributed by atoms with Crippen LogP contribution < -0.4 is 5.32 Å². The summed E-state index contributed by atoms with van der Waals surface area (Å²) >= 11 is 5.93. The standard InChI is InChI=1S/C25H19ClN4O2/c1-15-3-9-20(13-16(15)2)30-28-21-10-8-19(14-22(21)29-30)27-25(31)24-12-11-23(32-24)17-4-6-18(26)7-5-17/h3-14H,1-2H3,(H,27,31). The van der Waals surface area contributed by atoms with Crippen molar-refractivity contribution in [3.63, 3.8) is 0 Å². The van der Waals surface area contributed by atoms with Crippen molar-refractivity contribution in [3.8, 4) is 17.0 Å². The Morgan fingerprint density at radius 2 is 1.66 bits per heavy atom. The van der Waals surface area contributed by atoms with E-state index in [1.807, 2.05) is 36.4 Å². The number of fused-ring (bicyclic) bond motifs is 1. The van der Waals surface area contributed by atoms with E-state index in [0.29, 0.717) is 22.0 Å². The van der Waals surface area contributed by atoms with E-state index in [1.54, 1.807) is 41.2 Å². The van der Waals surface area contributed by atoms with Gasteiger partial charge in [-0.15, -0.1) is 10.2 Å². The number of rotatable bonds is 4. The Balaban J connectivity index is 1.36. The van der Waals surface area contributed by atoms with Crippen LogP contribution >= 0.6 is 11.6 Å². The quantitative estimate of drug-likeness (QED) is 0.359. The minimum Gasteiger partial charge on any atom is -0.451 e. The number of nitrogens with one attached hydrogen (secondary N) is 1. The van der Waals surface area contributed by atoms with Gasteiger partial charge in [0.25, 0.3) is 5.91 Å². The molecule has 2 heterocycles. The molecule has 0 spiro atoms. The maximum atomic E-state index is 12.7. The number of hydrogen-bond donors (Lipinski definition) is 1. The van der Waals surface area contributed by atoms with Crippen LogP contribution in [0, 0.1) is 13.8 Å². The Labute approximate surface area is 189 Å². The number of benzene rings is 3. The van der Waals surface area contributed by atoms with E-state index >= 15 is 0 Å². The van der Waals surface area contributed by atoms with Gasteiger partial charge in [0.05, 0.1) is 5.69 Å². The molecule has 6 nitrogen and oxygen atoms in total. The van der Waals surface area contributed by atoms with Crippen molar-refractivity contribution < 1.29 is 9.21 Å². The highest BCUT2D eigenvalue weighted by Crippen LogP contribution is 2.25. The molecule has 1 amide bonds. The molecule has 3 aromatic carbocycles. The van der Waals surface area contributed by atoms with Crippen LogP contribution in [0.15, 0.2) is 77.2 Å². The molecule has 0 unspecified atom stereocenters. The molecule has 0 aliphatic carbocycles. The highest BCUT2D eigenvalue weighted by molar-refractivity contribution is 6.30. The van der Waals surface area contributed by atoms with Gasteiger partial charge in [-0.2, -0.15) is 4.80 Å². The van der Waals surface area contributed by atoms with Gasteiger partial charge in [0.15, 0.2) is 5.76 Å². The highest BCUT2D eigenvalue weighted by atomic mass is 35.5. The number of aryl methyl sites for hydroxylation is 2. The summed E-state index contributed by atoms with van der Waals surface area (Å²) in [6.07, 6.45) is 0. The van der Waals surface area contributed by atoms with Crippen LogP contribution in [-0.4, -0.2) is 20.9 Å². The van der Waals surface area contributed by atoms with E-state index < -0.39 is 0 Å². The van der Waals surface area contributed by atoms with Crippen molar-refractivity contribution >= 4 is 34.2 Å². The molecular formula is C25H19ClN4O2. The van der Waals surface area contributed by atoms with Crippen LogP contribution in [0.4, 0.5) is 5.69 Å². The van der Waals surface area contributed by atoms with Crippen molar-refractivity contribution in [2.24, 2.45) is 0 Å². The predicted octanol–water partition coefficient (Wildman–Crippen LogP) is 6.20. The molecule has 1 N–H and O–H groups in total. The van der Waals surface area contributed by atoms with Gasteiger partial charge in [0.2, 0.25) is 0 Å². The van der Waals surface area contributed by atoms with Crippen molar-refractivity contribution in [2.45, 2.75) is 13.8 Å². The highest BCUT2D eigenvalue weighted by Gasteiger charge is 2.14. The Morgan fingerprint density at radius 3 is 2.44 bits per heavy atom. The number of carbonyl (C=O) groups is 1. The lowest BCUT2D eigenvalue weighted by Gasteiger charge is -2.03. The van der Waals surface area contributed by atoms with Crippen LogP contribution in [-0.2, 0) is 0 Å². The normalized spacial score (nSPS) is 11.1. The molecule has 158 valence electrons. The zero-order chi connectivity index (χ0) is 22.2. The average molecular weight is 443 g/mol. The minimum atomic E-state index is -0.342. The lowest BCUT2D eigenvalue weighted by molar-refractivity contribution is 0.0997. The van der Waals surface area contributed by atoms with Crippen LogP contribution in [0.1, 0.15) is 21.7 Å². The largest absolute Gasteiger partial charge is 0.451 e. The fourth-order valence-electron chi connectivity index (χ4n) is 3.38. The van der Waals surface area contributed by atoms with Gasteiger partial charge in [-0.25, -0.2) is 0 Å².